The Bertz CT molecular complexity index is 327. The fourth-order valence-corrected chi connectivity index (χ4v) is 4.20. The molecule has 0 unspecified atom stereocenters. The first kappa shape index (κ1) is 21.6. The molecule has 0 aromatic heterocycles. The van der Waals surface area contributed by atoms with Crippen molar-refractivity contribution in [2.45, 2.75) is 85.5 Å². The maximum Gasteiger partial charge on any atom is 0.192 e. The zero-order valence-electron chi connectivity index (χ0n) is 15.7. The second-order valence-electron chi connectivity index (χ2n) is 8.31. The topological polar surface area (TPSA) is 9.23 Å². The van der Waals surface area contributed by atoms with Crippen molar-refractivity contribution in [3.8, 4) is 0 Å². The minimum Gasteiger partial charge on any atom is -0.413 e. The fraction of sp³-hybridized carbons (Fsp3) is 0.889. The molecule has 0 aromatic carbocycles. The predicted octanol–water partition coefficient (Wildman–Crippen LogP) is 6.83. The molecule has 0 spiro atoms. The highest BCUT2D eigenvalue weighted by Gasteiger charge is 2.41. The van der Waals surface area contributed by atoms with E-state index in [0.717, 1.165) is 0 Å². The van der Waals surface area contributed by atoms with Crippen LogP contribution >= 0.6 is 22.6 Å². The van der Waals surface area contributed by atoms with Gasteiger partial charge in [0.15, 0.2) is 8.32 Å². The van der Waals surface area contributed by atoms with E-state index in [9.17, 15) is 0 Å². The molecule has 0 amide bonds. The number of halogens is 1. The van der Waals surface area contributed by atoms with Crippen LogP contribution in [-0.2, 0) is 4.43 Å². The molecule has 0 bridgehead atoms. The second kappa shape index (κ2) is 9.07. The third kappa shape index (κ3) is 7.64. The van der Waals surface area contributed by atoms with Crippen LogP contribution in [0.2, 0.25) is 18.1 Å². The first-order chi connectivity index (χ1) is 9.42. The highest BCUT2D eigenvalue weighted by atomic mass is 127. The summed E-state index contributed by atoms with van der Waals surface area (Å²) in [7, 11) is -1.69. The number of hydrogen-bond donors (Lipinski definition) is 0. The van der Waals surface area contributed by atoms with Crippen molar-refractivity contribution in [1.82, 2.24) is 0 Å². The van der Waals surface area contributed by atoms with Crippen molar-refractivity contribution in [2.75, 3.05) is 4.43 Å². The molecule has 126 valence electrons. The van der Waals surface area contributed by atoms with Crippen LogP contribution < -0.4 is 0 Å². The lowest BCUT2D eigenvalue weighted by Gasteiger charge is -2.42. The van der Waals surface area contributed by atoms with E-state index in [1.165, 1.54) is 22.8 Å². The molecule has 0 fully saturated rings. The van der Waals surface area contributed by atoms with Crippen LogP contribution in [0.4, 0.5) is 0 Å². The average Bonchev–Trinajstić information content (AvgIpc) is 2.33. The molecule has 0 radical (unpaired) electrons. The van der Waals surface area contributed by atoms with Crippen molar-refractivity contribution in [3.05, 3.63) is 11.6 Å². The standard InChI is InChI=1S/C18H37IOSi/c1-14(2)11-10-12-15(3)17(16(4)13-19)20-21(8,9)18(5,6)7/h11,15-17H,10,12-13H2,1-9H3/t15-,16-,17+/m1/s1. The summed E-state index contributed by atoms with van der Waals surface area (Å²) in [6.45, 7) is 20.8. The minimum atomic E-state index is -1.69. The normalized spacial score (nSPS) is 17.2. The molecule has 0 heterocycles. The third-order valence-electron chi connectivity index (χ3n) is 4.78. The van der Waals surface area contributed by atoms with Gasteiger partial charge in [-0.05, 0) is 56.7 Å². The molecule has 3 heteroatoms. The molecule has 0 rings (SSSR count). The monoisotopic (exact) mass is 424 g/mol. The van der Waals surface area contributed by atoms with Crippen molar-refractivity contribution in [1.29, 1.82) is 0 Å². The first-order valence-corrected chi connectivity index (χ1v) is 12.7. The van der Waals surface area contributed by atoms with Gasteiger partial charge in [0, 0.05) is 4.43 Å². The van der Waals surface area contributed by atoms with Crippen LogP contribution in [0.5, 0.6) is 0 Å². The zero-order valence-corrected chi connectivity index (χ0v) is 18.9. The summed E-state index contributed by atoms with van der Waals surface area (Å²) in [5.41, 5.74) is 1.42. The predicted molar refractivity (Wildman–Crippen MR) is 108 cm³/mol. The molecule has 0 aromatic rings. The summed E-state index contributed by atoms with van der Waals surface area (Å²) in [4.78, 5) is 0. The number of hydrogen-bond acceptors (Lipinski definition) is 1. The molecule has 21 heavy (non-hydrogen) atoms. The van der Waals surface area contributed by atoms with Gasteiger partial charge >= 0.3 is 0 Å². The number of alkyl halides is 1. The van der Waals surface area contributed by atoms with E-state index in [1.807, 2.05) is 0 Å². The molecule has 0 aliphatic heterocycles. The van der Waals surface area contributed by atoms with Crippen molar-refractivity contribution >= 4 is 30.9 Å². The molecule has 3 atom stereocenters. The smallest absolute Gasteiger partial charge is 0.192 e. The molecular formula is C18H37IOSi. The van der Waals surface area contributed by atoms with Crippen LogP contribution in [-0.4, -0.2) is 18.8 Å². The van der Waals surface area contributed by atoms with E-state index in [-0.39, 0.29) is 5.04 Å². The largest absolute Gasteiger partial charge is 0.413 e. The van der Waals surface area contributed by atoms with E-state index in [0.29, 0.717) is 17.9 Å². The van der Waals surface area contributed by atoms with Crippen molar-refractivity contribution in [2.24, 2.45) is 11.8 Å². The van der Waals surface area contributed by atoms with E-state index in [2.05, 4.69) is 90.2 Å². The van der Waals surface area contributed by atoms with Crippen LogP contribution in [0.1, 0.15) is 61.3 Å². The van der Waals surface area contributed by atoms with E-state index in [4.69, 9.17) is 4.43 Å². The van der Waals surface area contributed by atoms with Crippen LogP contribution in [0, 0.1) is 11.8 Å². The van der Waals surface area contributed by atoms with Gasteiger partial charge in [-0.15, -0.1) is 0 Å². The van der Waals surface area contributed by atoms with Gasteiger partial charge in [0.05, 0.1) is 6.10 Å². The van der Waals surface area contributed by atoms with Crippen molar-refractivity contribution < 1.29 is 4.43 Å². The molecular weight excluding hydrogens is 387 g/mol. The highest BCUT2D eigenvalue weighted by Crippen LogP contribution is 2.39. The molecule has 0 aliphatic carbocycles. The summed E-state index contributed by atoms with van der Waals surface area (Å²) in [6.07, 6.45) is 5.16. The first-order valence-electron chi connectivity index (χ1n) is 8.29. The van der Waals surface area contributed by atoms with E-state index >= 15 is 0 Å². The van der Waals surface area contributed by atoms with Gasteiger partial charge < -0.3 is 4.43 Å². The lowest BCUT2D eigenvalue weighted by molar-refractivity contribution is 0.0815. The van der Waals surface area contributed by atoms with Gasteiger partial charge in [0.2, 0.25) is 0 Å². The average molecular weight is 424 g/mol. The Labute approximate surface area is 148 Å². The van der Waals surface area contributed by atoms with E-state index < -0.39 is 8.32 Å². The summed E-state index contributed by atoms with van der Waals surface area (Å²) >= 11 is 2.51. The van der Waals surface area contributed by atoms with Crippen LogP contribution in [0.15, 0.2) is 11.6 Å². The number of allylic oxidation sites excluding steroid dienone is 2. The summed E-state index contributed by atoms with van der Waals surface area (Å²) in [5.74, 6) is 1.25. The van der Waals surface area contributed by atoms with Gasteiger partial charge in [-0.25, -0.2) is 0 Å². The maximum absolute atomic E-state index is 6.79. The minimum absolute atomic E-state index is 0.288. The van der Waals surface area contributed by atoms with Gasteiger partial charge in [-0.1, -0.05) is 68.9 Å². The highest BCUT2D eigenvalue weighted by molar-refractivity contribution is 14.1. The Kier molecular flexibility index (Phi) is 9.35. The quantitative estimate of drug-likeness (QED) is 0.180. The molecule has 0 N–H and O–H groups in total. The lowest BCUT2D eigenvalue weighted by Crippen LogP contribution is -2.47. The Morgan fingerprint density at radius 3 is 2.05 bits per heavy atom. The fourth-order valence-electron chi connectivity index (χ4n) is 2.20. The van der Waals surface area contributed by atoms with Crippen LogP contribution in [0.3, 0.4) is 0 Å². The van der Waals surface area contributed by atoms with Gasteiger partial charge in [0.25, 0.3) is 0 Å². The van der Waals surface area contributed by atoms with Gasteiger partial charge in [0.1, 0.15) is 0 Å². The van der Waals surface area contributed by atoms with Crippen molar-refractivity contribution in [3.63, 3.8) is 0 Å². The summed E-state index contributed by atoms with van der Waals surface area (Å²) in [6, 6.07) is 0. The molecule has 1 nitrogen and oxygen atoms in total. The Morgan fingerprint density at radius 1 is 1.14 bits per heavy atom. The van der Waals surface area contributed by atoms with Gasteiger partial charge in [-0.2, -0.15) is 0 Å². The van der Waals surface area contributed by atoms with Gasteiger partial charge in [-0.3, -0.25) is 0 Å². The Balaban J connectivity index is 4.92. The SMILES string of the molecule is CC(C)=CCC[C@@H](C)[C@H](O[Si](C)(C)C(C)(C)C)[C@H](C)CI. The number of rotatable bonds is 8. The Hall–Kier alpha value is 0.647. The van der Waals surface area contributed by atoms with Crippen LogP contribution in [0.25, 0.3) is 0 Å². The lowest BCUT2D eigenvalue weighted by atomic mass is 9.91. The maximum atomic E-state index is 6.79. The summed E-state index contributed by atoms with van der Waals surface area (Å²) in [5, 5.41) is 0.288. The van der Waals surface area contributed by atoms with E-state index in [1.54, 1.807) is 0 Å². The summed E-state index contributed by atoms with van der Waals surface area (Å²) < 4.78 is 7.96. The zero-order chi connectivity index (χ0) is 16.8. The second-order valence-corrected chi connectivity index (χ2v) is 13.9. The third-order valence-corrected chi connectivity index (χ3v) is 10.6. The molecule has 0 saturated carbocycles. The Morgan fingerprint density at radius 2 is 1.67 bits per heavy atom. The molecule has 0 saturated heterocycles. The molecule has 0 aliphatic rings.